The molecule has 0 saturated carbocycles. The number of pyridine rings is 1. The molecule has 0 spiro atoms. The molecule has 0 amide bonds. The summed E-state index contributed by atoms with van der Waals surface area (Å²) < 4.78 is 0. The highest BCUT2D eigenvalue weighted by atomic mass is 16.3. The number of aliphatic hydroxyl groups excluding tert-OH is 1. The van der Waals surface area contributed by atoms with E-state index in [9.17, 15) is 0 Å². The van der Waals surface area contributed by atoms with Gasteiger partial charge in [0.25, 0.3) is 0 Å². The van der Waals surface area contributed by atoms with Crippen molar-refractivity contribution in [2.75, 3.05) is 44.2 Å². The van der Waals surface area contributed by atoms with Gasteiger partial charge in [0.2, 0.25) is 0 Å². The van der Waals surface area contributed by atoms with Crippen LogP contribution in [0, 0.1) is 0 Å². The van der Waals surface area contributed by atoms with Crippen molar-refractivity contribution in [3.63, 3.8) is 0 Å². The zero-order chi connectivity index (χ0) is 14.5. The molecule has 4 nitrogen and oxygen atoms in total. The van der Waals surface area contributed by atoms with Crippen LogP contribution in [0.1, 0.15) is 0 Å². The lowest BCUT2D eigenvalue weighted by molar-refractivity contribution is 0.189. The second-order valence-electron chi connectivity index (χ2n) is 5.34. The Morgan fingerprint density at radius 3 is 2.10 bits per heavy atom. The molecule has 1 aromatic carbocycles. The van der Waals surface area contributed by atoms with Crippen LogP contribution in [0.4, 0.5) is 5.69 Å². The Hall–Kier alpha value is -1.91. The van der Waals surface area contributed by atoms with Gasteiger partial charge in [-0.1, -0.05) is 12.1 Å². The molecule has 2 heterocycles. The van der Waals surface area contributed by atoms with Gasteiger partial charge < -0.3 is 10.0 Å². The summed E-state index contributed by atoms with van der Waals surface area (Å²) in [7, 11) is 0. The molecule has 4 heteroatoms. The number of rotatable bonds is 4. The molecule has 110 valence electrons. The standard InChI is InChI=1S/C17H21N3O/c21-14-13-19-9-11-20(12-10-19)17-3-1-15(2-4-17)16-5-7-18-8-6-16/h1-8,21H,9-14H2. The van der Waals surface area contributed by atoms with Crippen LogP contribution in [0.2, 0.25) is 0 Å². The highest BCUT2D eigenvalue weighted by Crippen LogP contribution is 2.23. The fourth-order valence-electron chi connectivity index (χ4n) is 2.78. The third-order valence-electron chi connectivity index (χ3n) is 4.03. The lowest BCUT2D eigenvalue weighted by Crippen LogP contribution is -2.47. The summed E-state index contributed by atoms with van der Waals surface area (Å²) in [6.45, 7) is 5.12. The predicted molar refractivity (Wildman–Crippen MR) is 85.4 cm³/mol. The summed E-state index contributed by atoms with van der Waals surface area (Å²) in [5, 5.41) is 8.98. The lowest BCUT2D eigenvalue weighted by Gasteiger charge is -2.35. The number of hydrogen-bond donors (Lipinski definition) is 1. The molecular weight excluding hydrogens is 262 g/mol. The third-order valence-corrected chi connectivity index (χ3v) is 4.03. The number of hydrogen-bond acceptors (Lipinski definition) is 4. The van der Waals surface area contributed by atoms with Crippen LogP contribution in [0.15, 0.2) is 48.8 Å². The smallest absolute Gasteiger partial charge is 0.0558 e. The van der Waals surface area contributed by atoms with Crippen molar-refractivity contribution in [1.82, 2.24) is 9.88 Å². The monoisotopic (exact) mass is 283 g/mol. The molecule has 0 aliphatic carbocycles. The molecule has 3 rings (SSSR count). The molecule has 0 bridgehead atoms. The van der Waals surface area contributed by atoms with Crippen molar-refractivity contribution >= 4 is 5.69 Å². The Morgan fingerprint density at radius 1 is 0.857 bits per heavy atom. The van der Waals surface area contributed by atoms with Crippen molar-refractivity contribution in [3.8, 4) is 11.1 Å². The first-order valence-corrected chi connectivity index (χ1v) is 7.45. The number of piperazine rings is 1. The zero-order valence-corrected chi connectivity index (χ0v) is 12.2. The molecule has 1 saturated heterocycles. The molecule has 0 unspecified atom stereocenters. The Bertz CT molecular complexity index is 548. The van der Waals surface area contributed by atoms with Gasteiger partial charge in [-0.15, -0.1) is 0 Å². The number of nitrogens with zero attached hydrogens (tertiary/aromatic N) is 3. The molecule has 2 aromatic rings. The number of benzene rings is 1. The molecule has 0 atom stereocenters. The average molecular weight is 283 g/mol. The van der Waals surface area contributed by atoms with E-state index in [0.29, 0.717) is 0 Å². The predicted octanol–water partition coefficient (Wildman–Crippen LogP) is 1.86. The molecule has 1 aliphatic rings. The molecule has 1 fully saturated rings. The average Bonchev–Trinajstić information content (AvgIpc) is 2.57. The van der Waals surface area contributed by atoms with Gasteiger partial charge in [-0.05, 0) is 35.4 Å². The van der Waals surface area contributed by atoms with Gasteiger partial charge in [0.15, 0.2) is 0 Å². The molecule has 21 heavy (non-hydrogen) atoms. The quantitative estimate of drug-likeness (QED) is 0.930. The van der Waals surface area contributed by atoms with E-state index in [1.807, 2.05) is 24.5 Å². The summed E-state index contributed by atoms with van der Waals surface area (Å²) in [5.41, 5.74) is 3.70. The Labute approximate surface area is 125 Å². The molecular formula is C17H21N3O. The van der Waals surface area contributed by atoms with Gasteiger partial charge in [0.05, 0.1) is 6.61 Å². The lowest BCUT2D eigenvalue weighted by atomic mass is 10.1. The van der Waals surface area contributed by atoms with Gasteiger partial charge in [0, 0.05) is 50.8 Å². The van der Waals surface area contributed by atoms with Crippen molar-refractivity contribution in [2.45, 2.75) is 0 Å². The minimum absolute atomic E-state index is 0.251. The van der Waals surface area contributed by atoms with Gasteiger partial charge in [-0.2, -0.15) is 0 Å². The maximum atomic E-state index is 8.98. The van der Waals surface area contributed by atoms with E-state index in [1.165, 1.54) is 16.8 Å². The molecule has 1 N–H and O–H groups in total. The Kier molecular flexibility index (Phi) is 4.48. The minimum atomic E-state index is 0.251. The number of aromatic nitrogens is 1. The van der Waals surface area contributed by atoms with E-state index in [-0.39, 0.29) is 6.61 Å². The van der Waals surface area contributed by atoms with E-state index >= 15 is 0 Å². The van der Waals surface area contributed by atoms with Crippen LogP contribution in [-0.4, -0.2) is 54.3 Å². The summed E-state index contributed by atoms with van der Waals surface area (Å²) >= 11 is 0. The summed E-state index contributed by atoms with van der Waals surface area (Å²) in [6, 6.07) is 12.8. The van der Waals surface area contributed by atoms with Gasteiger partial charge in [0.1, 0.15) is 0 Å². The number of aliphatic hydroxyl groups is 1. The second kappa shape index (κ2) is 6.70. The van der Waals surface area contributed by atoms with Crippen molar-refractivity contribution in [2.24, 2.45) is 0 Å². The zero-order valence-electron chi connectivity index (χ0n) is 12.2. The minimum Gasteiger partial charge on any atom is -0.395 e. The highest BCUT2D eigenvalue weighted by molar-refractivity contribution is 5.65. The van der Waals surface area contributed by atoms with Gasteiger partial charge in [-0.25, -0.2) is 0 Å². The second-order valence-corrected chi connectivity index (χ2v) is 5.34. The highest BCUT2D eigenvalue weighted by Gasteiger charge is 2.16. The van der Waals surface area contributed by atoms with Crippen LogP contribution < -0.4 is 4.90 Å². The summed E-state index contributed by atoms with van der Waals surface area (Å²) in [4.78, 5) is 8.77. The maximum Gasteiger partial charge on any atom is 0.0558 e. The molecule has 0 radical (unpaired) electrons. The Balaban J connectivity index is 1.65. The van der Waals surface area contributed by atoms with Crippen molar-refractivity contribution in [1.29, 1.82) is 0 Å². The largest absolute Gasteiger partial charge is 0.395 e. The maximum absolute atomic E-state index is 8.98. The van der Waals surface area contributed by atoms with E-state index in [2.05, 4.69) is 39.0 Å². The van der Waals surface area contributed by atoms with E-state index in [0.717, 1.165) is 32.7 Å². The fourth-order valence-corrected chi connectivity index (χ4v) is 2.78. The van der Waals surface area contributed by atoms with E-state index < -0.39 is 0 Å². The Morgan fingerprint density at radius 2 is 1.48 bits per heavy atom. The fraction of sp³-hybridized carbons (Fsp3) is 0.353. The van der Waals surface area contributed by atoms with Crippen LogP contribution in [0.3, 0.4) is 0 Å². The van der Waals surface area contributed by atoms with Crippen LogP contribution in [0.25, 0.3) is 11.1 Å². The van der Waals surface area contributed by atoms with Crippen LogP contribution in [0.5, 0.6) is 0 Å². The van der Waals surface area contributed by atoms with Crippen LogP contribution >= 0.6 is 0 Å². The van der Waals surface area contributed by atoms with Crippen molar-refractivity contribution < 1.29 is 5.11 Å². The molecule has 1 aliphatic heterocycles. The topological polar surface area (TPSA) is 39.6 Å². The number of β-amino-alcohol motifs (C(OH)–C–C–N with tert-alkyl or cyclic N) is 1. The van der Waals surface area contributed by atoms with Crippen molar-refractivity contribution in [3.05, 3.63) is 48.8 Å². The van der Waals surface area contributed by atoms with E-state index in [1.54, 1.807) is 0 Å². The summed E-state index contributed by atoms with van der Waals surface area (Å²) in [6.07, 6.45) is 3.65. The van der Waals surface area contributed by atoms with E-state index in [4.69, 9.17) is 5.11 Å². The SMILES string of the molecule is OCCN1CCN(c2ccc(-c3ccncc3)cc2)CC1. The first-order valence-electron chi connectivity index (χ1n) is 7.45. The van der Waals surface area contributed by atoms with Crippen LogP contribution in [-0.2, 0) is 0 Å². The first kappa shape index (κ1) is 14.0. The third kappa shape index (κ3) is 3.40. The van der Waals surface area contributed by atoms with Gasteiger partial charge >= 0.3 is 0 Å². The normalized spacial score (nSPS) is 16.1. The summed E-state index contributed by atoms with van der Waals surface area (Å²) in [5.74, 6) is 0. The number of anilines is 1. The van der Waals surface area contributed by atoms with Gasteiger partial charge in [-0.3, -0.25) is 9.88 Å². The first-order chi connectivity index (χ1) is 10.4. The molecule has 1 aromatic heterocycles.